The monoisotopic (exact) mass is 452 g/mol. The van der Waals surface area contributed by atoms with E-state index in [-0.39, 0.29) is 5.91 Å². The highest BCUT2D eigenvalue weighted by Crippen LogP contribution is 2.34. The molecule has 0 N–H and O–H groups in total. The summed E-state index contributed by atoms with van der Waals surface area (Å²) < 4.78 is 7.63. The number of hydrogen-bond donors (Lipinski definition) is 0. The number of thiazole rings is 2. The van der Waals surface area contributed by atoms with Crippen molar-refractivity contribution in [1.82, 2.24) is 14.9 Å². The van der Waals surface area contributed by atoms with Crippen LogP contribution in [-0.4, -0.2) is 60.2 Å². The highest BCUT2D eigenvalue weighted by Gasteiger charge is 2.26. The Morgan fingerprint density at radius 1 is 1.06 bits per heavy atom. The summed E-state index contributed by atoms with van der Waals surface area (Å²) in [5.41, 5.74) is 4.15. The molecular weight excluding hydrogens is 428 g/mol. The Bertz CT molecular complexity index is 1170. The number of para-hydroxylation sites is 1. The van der Waals surface area contributed by atoms with E-state index in [1.54, 1.807) is 11.3 Å². The molecular formula is C23H24N4O2S2. The van der Waals surface area contributed by atoms with Crippen LogP contribution in [0.4, 0.5) is 5.13 Å². The average molecular weight is 453 g/mol. The van der Waals surface area contributed by atoms with Gasteiger partial charge in [0.2, 0.25) is 0 Å². The Hall–Kier alpha value is -2.39. The summed E-state index contributed by atoms with van der Waals surface area (Å²) in [6.45, 7) is 8.79. The molecule has 0 bridgehead atoms. The molecule has 0 saturated carbocycles. The van der Waals surface area contributed by atoms with Crippen LogP contribution in [0.2, 0.25) is 0 Å². The molecule has 2 aromatic heterocycles. The summed E-state index contributed by atoms with van der Waals surface area (Å²) in [7, 11) is 0. The normalized spacial score (nSPS) is 15.0. The number of carbonyl (C=O) groups excluding carboxylic acids is 1. The number of ether oxygens (including phenoxy) is 1. The Morgan fingerprint density at radius 2 is 1.84 bits per heavy atom. The molecule has 4 aromatic rings. The molecule has 1 saturated heterocycles. The minimum absolute atomic E-state index is 0.0798. The van der Waals surface area contributed by atoms with E-state index in [4.69, 9.17) is 9.72 Å². The average Bonchev–Trinajstić information content (AvgIpc) is 3.43. The fourth-order valence-corrected chi connectivity index (χ4v) is 5.84. The van der Waals surface area contributed by atoms with Gasteiger partial charge in [-0.3, -0.25) is 14.6 Å². The highest BCUT2D eigenvalue weighted by atomic mass is 32.1. The van der Waals surface area contributed by atoms with Crippen LogP contribution in [0.25, 0.3) is 20.4 Å². The van der Waals surface area contributed by atoms with Gasteiger partial charge in [0.15, 0.2) is 10.1 Å². The summed E-state index contributed by atoms with van der Waals surface area (Å²) >= 11 is 3.03. The third kappa shape index (κ3) is 4.08. The van der Waals surface area contributed by atoms with E-state index < -0.39 is 0 Å². The van der Waals surface area contributed by atoms with Crippen molar-refractivity contribution in [2.75, 3.05) is 44.3 Å². The zero-order valence-corrected chi connectivity index (χ0v) is 19.3. The lowest BCUT2D eigenvalue weighted by molar-refractivity contribution is 0.0391. The van der Waals surface area contributed by atoms with E-state index in [1.165, 1.54) is 16.9 Å². The summed E-state index contributed by atoms with van der Waals surface area (Å²) in [5.74, 6) is -0.0798. The predicted octanol–water partition coefficient (Wildman–Crippen LogP) is 4.50. The molecule has 31 heavy (non-hydrogen) atoms. The quantitative estimate of drug-likeness (QED) is 0.446. The molecule has 1 aliphatic rings. The maximum Gasteiger partial charge on any atom is 0.289 e. The van der Waals surface area contributed by atoms with Crippen LogP contribution in [-0.2, 0) is 4.74 Å². The van der Waals surface area contributed by atoms with Crippen LogP contribution in [0.1, 0.15) is 20.9 Å². The maximum absolute atomic E-state index is 13.6. The largest absolute Gasteiger partial charge is 0.379 e. The van der Waals surface area contributed by atoms with Crippen molar-refractivity contribution >= 4 is 54.1 Å². The van der Waals surface area contributed by atoms with Gasteiger partial charge in [-0.1, -0.05) is 35.6 Å². The number of nitrogens with zero attached hydrogens (tertiary/aromatic N) is 4. The molecule has 1 amide bonds. The lowest BCUT2D eigenvalue weighted by Gasteiger charge is -2.28. The molecule has 8 heteroatoms. The number of anilines is 1. The van der Waals surface area contributed by atoms with Crippen LogP contribution < -0.4 is 4.90 Å². The molecule has 3 heterocycles. The highest BCUT2D eigenvalue weighted by molar-refractivity contribution is 7.23. The van der Waals surface area contributed by atoms with E-state index >= 15 is 0 Å². The fraction of sp³-hybridized carbons (Fsp3) is 0.348. The zero-order valence-electron chi connectivity index (χ0n) is 17.6. The van der Waals surface area contributed by atoms with E-state index in [9.17, 15) is 4.79 Å². The van der Waals surface area contributed by atoms with Crippen molar-refractivity contribution in [3.8, 4) is 0 Å². The Morgan fingerprint density at radius 3 is 2.61 bits per heavy atom. The minimum Gasteiger partial charge on any atom is -0.379 e. The van der Waals surface area contributed by atoms with Gasteiger partial charge in [0, 0.05) is 26.2 Å². The molecule has 6 nitrogen and oxygen atoms in total. The van der Waals surface area contributed by atoms with Crippen molar-refractivity contribution in [1.29, 1.82) is 0 Å². The summed E-state index contributed by atoms with van der Waals surface area (Å²) in [5, 5.41) is 1.25. The van der Waals surface area contributed by atoms with Gasteiger partial charge in [-0.25, -0.2) is 9.97 Å². The first-order valence-corrected chi connectivity index (χ1v) is 12.1. The van der Waals surface area contributed by atoms with Crippen molar-refractivity contribution < 1.29 is 9.53 Å². The molecule has 1 fully saturated rings. The summed E-state index contributed by atoms with van der Waals surface area (Å²) in [6.07, 6.45) is 0. The first-order chi connectivity index (χ1) is 15.1. The van der Waals surface area contributed by atoms with Gasteiger partial charge >= 0.3 is 0 Å². The van der Waals surface area contributed by atoms with Crippen molar-refractivity contribution in [2.45, 2.75) is 13.8 Å². The molecule has 0 spiro atoms. The third-order valence-corrected chi connectivity index (χ3v) is 7.87. The lowest BCUT2D eigenvalue weighted by Crippen LogP contribution is -2.43. The third-order valence-electron chi connectivity index (χ3n) is 5.63. The molecule has 0 atom stereocenters. The summed E-state index contributed by atoms with van der Waals surface area (Å²) in [6, 6.07) is 12.1. The van der Waals surface area contributed by atoms with Gasteiger partial charge in [0.25, 0.3) is 5.91 Å². The Kier molecular flexibility index (Phi) is 5.71. The second kappa shape index (κ2) is 8.63. The topological polar surface area (TPSA) is 58.6 Å². The Balaban J connectivity index is 1.51. The standard InChI is InChI=1S/C23H24N4O2S2/c1-15-7-8-16(2)20-19(15)25-23(31-20)27(10-9-26-11-13-29-14-12-26)22(28)21-24-17-5-3-4-6-18(17)30-21/h3-8H,9-14H2,1-2H3. The first kappa shape index (κ1) is 20.5. The van der Waals surface area contributed by atoms with E-state index in [0.717, 1.165) is 64.0 Å². The molecule has 0 aliphatic carbocycles. The molecule has 5 rings (SSSR count). The minimum atomic E-state index is -0.0798. The first-order valence-electron chi connectivity index (χ1n) is 10.4. The number of fused-ring (bicyclic) bond motifs is 2. The van der Waals surface area contributed by atoms with Crippen molar-refractivity contribution in [3.05, 3.63) is 52.5 Å². The van der Waals surface area contributed by atoms with Gasteiger partial charge in [-0.2, -0.15) is 0 Å². The number of amides is 1. The van der Waals surface area contributed by atoms with E-state index in [2.05, 4.69) is 35.9 Å². The predicted molar refractivity (Wildman–Crippen MR) is 128 cm³/mol. The Labute approximate surface area is 189 Å². The lowest BCUT2D eigenvalue weighted by atomic mass is 10.1. The van der Waals surface area contributed by atoms with E-state index in [0.29, 0.717) is 11.6 Å². The van der Waals surface area contributed by atoms with Gasteiger partial charge in [-0.05, 0) is 37.1 Å². The van der Waals surface area contributed by atoms with Gasteiger partial charge in [0.05, 0.1) is 33.6 Å². The maximum atomic E-state index is 13.6. The molecule has 1 aliphatic heterocycles. The van der Waals surface area contributed by atoms with Crippen molar-refractivity contribution in [3.63, 3.8) is 0 Å². The van der Waals surface area contributed by atoms with Gasteiger partial charge in [0.1, 0.15) is 0 Å². The van der Waals surface area contributed by atoms with Crippen LogP contribution in [0, 0.1) is 13.8 Å². The second-order valence-corrected chi connectivity index (χ2v) is 9.78. The fourth-order valence-electron chi connectivity index (χ4n) is 3.79. The van der Waals surface area contributed by atoms with Crippen LogP contribution in [0.5, 0.6) is 0 Å². The number of morpholine rings is 1. The van der Waals surface area contributed by atoms with E-state index in [1.807, 2.05) is 29.2 Å². The van der Waals surface area contributed by atoms with Gasteiger partial charge < -0.3 is 4.74 Å². The number of aryl methyl sites for hydroxylation is 2. The molecule has 2 aromatic carbocycles. The zero-order chi connectivity index (χ0) is 21.4. The number of benzene rings is 2. The molecule has 160 valence electrons. The number of carbonyl (C=O) groups is 1. The number of hydrogen-bond acceptors (Lipinski definition) is 7. The van der Waals surface area contributed by atoms with Crippen molar-refractivity contribution in [2.24, 2.45) is 0 Å². The smallest absolute Gasteiger partial charge is 0.289 e. The summed E-state index contributed by atoms with van der Waals surface area (Å²) in [4.78, 5) is 27.3. The van der Waals surface area contributed by atoms with Crippen LogP contribution >= 0.6 is 22.7 Å². The second-order valence-electron chi connectivity index (χ2n) is 7.77. The van der Waals surface area contributed by atoms with Gasteiger partial charge in [-0.15, -0.1) is 11.3 Å². The number of aromatic nitrogens is 2. The SMILES string of the molecule is Cc1ccc(C)c2sc(N(CCN3CCOCC3)C(=O)c3nc4ccccc4s3)nc12. The van der Waals surface area contributed by atoms with Crippen LogP contribution in [0.15, 0.2) is 36.4 Å². The molecule has 0 radical (unpaired) electrons. The van der Waals surface area contributed by atoms with Crippen LogP contribution in [0.3, 0.4) is 0 Å². The molecule has 0 unspecified atom stereocenters. The number of rotatable bonds is 5.